The van der Waals surface area contributed by atoms with Crippen molar-refractivity contribution in [2.45, 2.75) is 19.6 Å². The first-order valence-corrected chi connectivity index (χ1v) is 6.72. The highest BCUT2D eigenvalue weighted by atomic mass is 35.5. The summed E-state index contributed by atoms with van der Waals surface area (Å²) in [6, 6.07) is 12.9. The van der Waals surface area contributed by atoms with Gasteiger partial charge in [0.2, 0.25) is 0 Å². The van der Waals surface area contributed by atoms with Gasteiger partial charge in [0.25, 0.3) is 0 Å². The maximum absolute atomic E-state index is 9.57. The zero-order valence-corrected chi connectivity index (χ0v) is 12.2. The summed E-state index contributed by atoms with van der Waals surface area (Å²) in [6.45, 7) is 2.07. The number of ether oxygens (including phenoxy) is 2. The molecule has 0 amide bonds. The van der Waals surface area contributed by atoms with Crippen molar-refractivity contribution < 1.29 is 14.6 Å². The monoisotopic (exact) mass is 292 g/mol. The lowest BCUT2D eigenvalue weighted by molar-refractivity contribution is 0.198. The van der Waals surface area contributed by atoms with Gasteiger partial charge in [-0.3, -0.25) is 0 Å². The Hall–Kier alpha value is -1.71. The van der Waals surface area contributed by atoms with Crippen LogP contribution in [-0.4, -0.2) is 12.2 Å². The molecule has 0 saturated carbocycles. The lowest BCUT2D eigenvalue weighted by atomic mass is 10.1. The zero-order valence-electron chi connectivity index (χ0n) is 11.5. The Morgan fingerprint density at radius 1 is 1.15 bits per heavy atom. The molecule has 0 aliphatic rings. The van der Waals surface area contributed by atoms with Crippen LogP contribution in [0.2, 0.25) is 5.02 Å². The maximum Gasteiger partial charge on any atom is 0.161 e. The van der Waals surface area contributed by atoms with E-state index in [1.807, 2.05) is 30.3 Å². The number of hydrogen-bond acceptors (Lipinski definition) is 3. The summed E-state index contributed by atoms with van der Waals surface area (Å²) in [4.78, 5) is 0. The molecule has 106 valence electrons. The van der Waals surface area contributed by atoms with Gasteiger partial charge in [-0.25, -0.2) is 0 Å². The van der Waals surface area contributed by atoms with Crippen LogP contribution in [0.4, 0.5) is 0 Å². The van der Waals surface area contributed by atoms with Crippen molar-refractivity contribution in [3.63, 3.8) is 0 Å². The summed E-state index contributed by atoms with van der Waals surface area (Å²) in [7, 11) is 1.57. The summed E-state index contributed by atoms with van der Waals surface area (Å²) in [5.74, 6) is 1.22. The smallest absolute Gasteiger partial charge is 0.161 e. The summed E-state index contributed by atoms with van der Waals surface area (Å²) in [5, 5.41) is 10.2. The van der Waals surface area contributed by atoms with Crippen LogP contribution in [0.15, 0.2) is 42.5 Å². The van der Waals surface area contributed by atoms with Gasteiger partial charge in [0.15, 0.2) is 11.5 Å². The van der Waals surface area contributed by atoms with Crippen LogP contribution in [-0.2, 0) is 6.61 Å². The molecule has 0 radical (unpaired) electrons. The zero-order chi connectivity index (χ0) is 14.5. The molecule has 0 fully saturated rings. The number of aliphatic hydroxyl groups excluding tert-OH is 1. The van der Waals surface area contributed by atoms with Crippen LogP contribution in [0.1, 0.15) is 24.2 Å². The predicted octanol–water partition coefficient (Wildman–Crippen LogP) is 3.98. The molecule has 0 unspecified atom stereocenters. The van der Waals surface area contributed by atoms with Crippen LogP contribution in [0.5, 0.6) is 11.5 Å². The van der Waals surface area contributed by atoms with Gasteiger partial charge in [0, 0.05) is 10.6 Å². The summed E-state index contributed by atoms with van der Waals surface area (Å²) in [5.41, 5.74) is 1.70. The van der Waals surface area contributed by atoms with Crippen molar-refractivity contribution in [3.8, 4) is 11.5 Å². The first-order chi connectivity index (χ1) is 9.61. The normalized spacial score (nSPS) is 12.0. The minimum Gasteiger partial charge on any atom is -0.493 e. The first kappa shape index (κ1) is 14.7. The van der Waals surface area contributed by atoms with E-state index in [9.17, 15) is 5.11 Å². The van der Waals surface area contributed by atoms with Gasteiger partial charge >= 0.3 is 0 Å². The average Bonchev–Trinajstić information content (AvgIpc) is 2.46. The van der Waals surface area contributed by atoms with Crippen LogP contribution in [0, 0.1) is 0 Å². The number of benzene rings is 2. The Kier molecular flexibility index (Phi) is 4.88. The fraction of sp³-hybridized carbons (Fsp3) is 0.250. The molecule has 0 aliphatic heterocycles. The molecule has 4 heteroatoms. The highest BCUT2D eigenvalue weighted by molar-refractivity contribution is 6.31. The van der Waals surface area contributed by atoms with Crippen LogP contribution >= 0.6 is 11.6 Å². The molecule has 2 rings (SSSR count). The Morgan fingerprint density at radius 2 is 1.90 bits per heavy atom. The summed E-state index contributed by atoms with van der Waals surface area (Å²) >= 11 is 6.09. The third-order valence-electron chi connectivity index (χ3n) is 3.01. The second-order valence-electron chi connectivity index (χ2n) is 4.47. The number of hydrogen-bond donors (Lipinski definition) is 1. The third kappa shape index (κ3) is 3.44. The molecule has 0 aliphatic carbocycles. The van der Waals surface area contributed by atoms with Crippen molar-refractivity contribution in [1.82, 2.24) is 0 Å². The molecule has 1 atom stereocenters. The average molecular weight is 293 g/mol. The SMILES string of the molecule is COc1cc([C@@H](C)O)ccc1OCc1ccccc1Cl. The van der Waals surface area contributed by atoms with E-state index in [-0.39, 0.29) is 0 Å². The van der Waals surface area contributed by atoms with E-state index in [0.717, 1.165) is 11.1 Å². The second kappa shape index (κ2) is 6.64. The van der Waals surface area contributed by atoms with E-state index < -0.39 is 6.10 Å². The fourth-order valence-electron chi connectivity index (χ4n) is 1.83. The van der Waals surface area contributed by atoms with Crippen LogP contribution in [0.3, 0.4) is 0 Å². The van der Waals surface area contributed by atoms with Crippen molar-refractivity contribution in [3.05, 3.63) is 58.6 Å². The van der Waals surface area contributed by atoms with E-state index >= 15 is 0 Å². The van der Waals surface area contributed by atoms with Gasteiger partial charge < -0.3 is 14.6 Å². The Labute approximate surface area is 123 Å². The molecule has 0 saturated heterocycles. The van der Waals surface area contributed by atoms with E-state index in [1.165, 1.54) is 0 Å². The van der Waals surface area contributed by atoms with Crippen LogP contribution in [0.25, 0.3) is 0 Å². The predicted molar refractivity (Wildman–Crippen MR) is 79.4 cm³/mol. The lowest BCUT2D eigenvalue weighted by Crippen LogP contribution is -2.00. The van der Waals surface area contributed by atoms with Crippen molar-refractivity contribution in [1.29, 1.82) is 0 Å². The molecular weight excluding hydrogens is 276 g/mol. The Bertz CT molecular complexity index is 582. The highest BCUT2D eigenvalue weighted by Crippen LogP contribution is 2.31. The van der Waals surface area contributed by atoms with E-state index in [4.69, 9.17) is 21.1 Å². The Balaban J connectivity index is 2.15. The molecule has 0 spiro atoms. The number of rotatable bonds is 5. The molecule has 2 aromatic carbocycles. The second-order valence-corrected chi connectivity index (χ2v) is 4.87. The first-order valence-electron chi connectivity index (χ1n) is 6.34. The van der Waals surface area contributed by atoms with Gasteiger partial charge in [-0.2, -0.15) is 0 Å². The summed E-state index contributed by atoms with van der Waals surface area (Å²) < 4.78 is 11.0. The molecule has 0 bridgehead atoms. The molecule has 20 heavy (non-hydrogen) atoms. The number of halogens is 1. The quantitative estimate of drug-likeness (QED) is 0.906. The lowest BCUT2D eigenvalue weighted by Gasteiger charge is -2.13. The van der Waals surface area contributed by atoms with E-state index in [2.05, 4.69) is 0 Å². The maximum atomic E-state index is 9.57. The highest BCUT2D eigenvalue weighted by Gasteiger charge is 2.09. The van der Waals surface area contributed by atoms with E-state index in [0.29, 0.717) is 23.1 Å². The van der Waals surface area contributed by atoms with Crippen LogP contribution < -0.4 is 9.47 Å². The standard InChI is InChI=1S/C16H17ClO3/c1-11(18)12-7-8-15(16(9-12)19-2)20-10-13-5-3-4-6-14(13)17/h3-9,11,18H,10H2,1-2H3/t11-/m1/s1. The molecular formula is C16H17ClO3. The van der Waals surface area contributed by atoms with Gasteiger partial charge in [-0.15, -0.1) is 0 Å². The van der Waals surface area contributed by atoms with E-state index in [1.54, 1.807) is 26.2 Å². The van der Waals surface area contributed by atoms with Gasteiger partial charge in [-0.1, -0.05) is 35.9 Å². The minimum absolute atomic E-state index is 0.365. The largest absolute Gasteiger partial charge is 0.493 e. The Morgan fingerprint density at radius 3 is 2.55 bits per heavy atom. The number of methoxy groups -OCH3 is 1. The number of aliphatic hydroxyl groups is 1. The summed E-state index contributed by atoms with van der Waals surface area (Å²) in [6.07, 6.45) is -0.540. The van der Waals surface area contributed by atoms with Gasteiger partial charge in [-0.05, 0) is 30.7 Å². The van der Waals surface area contributed by atoms with Gasteiger partial charge in [0.05, 0.1) is 13.2 Å². The molecule has 3 nitrogen and oxygen atoms in total. The minimum atomic E-state index is -0.540. The molecule has 0 aromatic heterocycles. The van der Waals surface area contributed by atoms with Gasteiger partial charge in [0.1, 0.15) is 6.61 Å². The van der Waals surface area contributed by atoms with Crippen molar-refractivity contribution in [2.75, 3.05) is 7.11 Å². The molecule has 1 N–H and O–H groups in total. The topological polar surface area (TPSA) is 38.7 Å². The third-order valence-corrected chi connectivity index (χ3v) is 3.38. The molecule has 2 aromatic rings. The fourth-order valence-corrected chi connectivity index (χ4v) is 2.02. The van der Waals surface area contributed by atoms with Crippen molar-refractivity contribution in [2.24, 2.45) is 0 Å². The molecule has 0 heterocycles. The van der Waals surface area contributed by atoms with Crippen molar-refractivity contribution >= 4 is 11.6 Å².